The summed E-state index contributed by atoms with van der Waals surface area (Å²) < 4.78 is 54.3. The summed E-state index contributed by atoms with van der Waals surface area (Å²) in [6.07, 6.45) is 0.299. The van der Waals surface area contributed by atoms with Crippen LogP contribution in [0.5, 0.6) is 17.2 Å². The van der Waals surface area contributed by atoms with Crippen LogP contribution in [-0.2, 0) is 16.4 Å². The van der Waals surface area contributed by atoms with Crippen molar-refractivity contribution in [2.24, 2.45) is 0 Å². The summed E-state index contributed by atoms with van der Waals surface area (Å²) in [5.41, 5.74) is 0.535. The molecule has 7 nitrogen and oxygen atoms in total. The number of methoxy groups -OCH3 is 3. The summed E-state index contributed by atoms with van der Waals surface area (Å²) >= 11 is 0. The van der Waals surface area contributed by atoms with Gasteiger partial charge < -0.3 is 19.1 Å². The highest BCUT2D eigenvalue weighted by Crippen LogP contribution is 2.39. The van der Waals surface area contributed by atoms with Crippen LogP contribution in [0.25, 0.3) is 0 Å². The third-order valence-corrected chi connectivity index (χ3v) is 6.87. The predicted molar refractivity (Wildman–Crippen MR) is 109 cm³/mol. The van der Waals surface area contributed by atoms with Gasteiger partial charge >= 0.3 is 0 Å². The van der Waals surface area contributed by atoms with Crippen molar-refractivity contribution < 1.29 is 31.8 Å². The minimum Gasteiger partial charge on any atom is -0.493 e. The zero-order valence-corrected chi connectivity index (χ0v) is 17.9. The van der Waals surface area contributed by atoms with Gasteiger partial charge in [-0.3, -0.25) is 4.79 Å². The first-order valence-corrected chi connectivity index (χ1v) is 11.2. The monoisotopic (exact) mass is 437 g/mol. The summed E-state index contributed by atoms with van der Waals surface area (Å²) in [6.45, 7) is -0.0532. The number of halogens is 1. The minimum atomic E-state index is -3.25. The van der Waals surface area contributed by atoms with Crippen molar-refractivity contribution in [2.45, 2.75) is 19.0 Å². The van der Waals surface area contributed by atoms with Gasteiger partial charge in [0, 0.05) is 23.7 Å². The summed E-state index contributed by atoms with van der Waals surface area (Å²) in [5, 5.41) is 0. The Labute approximate surface area is 175 Å². The first-order valence-electron chi connectivity index (χ1n) is 9.34. The van der Waals surface area contributed by atoms with Gasteiger partial charge in [0.2, 0.25) is 5.75 Å². The van der Waals surface area contributed by atoms with E-state index in [2.05, 4.69) is 0 Å². The molecule has 0 spiro atoms. The second-order valence-corrected chi connectivity index (χ2v) is 9.22. The zero-order chi connectivity index (χ0) is 21.9. The van der Waals surface area contributed by atoms with Gasteiger partial charge in [0.25, 0.3) is 5.91 Å². The Balaban J connectivity index is 2.03. The molecule has 162 valence electrons. The van der Waals surface area contributed by atoms with E-state index in [4.69, 9.17) is 14.2 Å². The Kier molecular flexibility index (Phi) is 6.50. The Bertz CT molecular complexity index is 1010. The smallest absolute Gasteiger partial charge is 0.254 e. The summed E-state index contributed by atoms with van der Waals surface area (Å²) in [4.78, 5) is 14.9. The number of carbonyl (C=O) groups is 1. The molecule has 30 heavy (non-hydrogen) atoms. The molecule has 1 amide bonds. The van der Waals surface area contributed by atoms with Crippen molar-refractivity contribution in [3.63, 3.8) is 0 Å². The summed E-state index contributed by atoms with van der Waals surface area (Å²) in [5.74, 6) is -0.137. The van der Waals surface area contributed by atoms with Gasteiger partial charge in [-0.15, -0.1) is 0 Å². The molecule has 3 rings (SSSR count). The minimum absolute atomic E-state index is 0.00598. The van der Waals surface area contributed by atoms with Crippen LogP contribution in [0, 0.1) is 5.82 Å². The third kappa shape index (κ3) is 4.51. The van der Waals surface area contributed by atoms with Crippen molar-refractivity contribution in [1.29, 1.82) is 0 Å². The number of hydrogen-bond acceptors (Lipinski definition) is 6. The zero-order valence-electron chi connectivity index (χ0n) is 17.1. The van der Waals surface area contributed by atoms with Gasteiger partial charge in [0.05, 0.1) is 32.8 Å². The predicted octanol–water partition coefficient (Wildman–Crippen LogP) is 2.68. The Morgan fingerprint density at radius 2 is 1.73 bits per heavy atom. The lowest BCUT2D eigenvalue weighted by molar-refractivity contribution is 0.0678. The molecule has 1 saturated heterocycles. The number of amides is 1. The second kappa shape index (κ2) is 8.91. The number of ether oxygens (including phenoxy) is 3. The van der Waals surface area contributed by atoms with Gasteiger partial charge in [-0.2, -0.15) is 0 Å². The molecule has 2 aromatic carbocycles. The number of sulfone groups is 1. The van der Waals surface area contributed by atoms with Gasteiger partial charge in [-0.25, -0.2) is 12.8 Å². The first-order chi connectivity index (χ1) is 14.3. The maximum atomic E-state index is 14.3. The molecule has 0 saturated carbocycles. The molecule has 0 radical (unpaired) electrons. The molecule has 0 bridgehead atoms. The lowest BCUT2D eigenvalue weighted by Gasteiger charge is -2.29. The van der Waals surface area contributed by atoms with Gasteiger partial charge in [-0.1, -0.05) is 18.2 Å². The first kappa shape index (κ1) is 21.9. The lowest BCUT2D eigenvalue weighted by Crippen LogP contribution is -2.40. The van der Waals surface area contributed by atoms with Crippen LogP contribution in [-0.4, -0.2) is 58.1 Å². The van der Waals surface area contributed by atoms with Crippen molar-refractivity contribution in [3.8, 4) is 17.2 Å². The van der Waals surface area contributed by atoms with E-state index in [1.807, 2.05) is 0 Å². The van der Waals surface area contributed by atoms with E-state index < -0.39 is 27.6 Å². The van der Waals surface area contributed by atoms with Crippen molar-refractivity contribution in [2.75, 3.05) is 32.8 Å². The quantitative estimate of drug-likeness (QED) is 0.663. The number of rotatable bonds is 7. The van der Waals surface area contributed by atoms with E-state index in [9.17, 15) is 17.6 Å². The highest BCUT2D eigenvalue weighted by molar-refractivity contribution is 7.91. The van der Waals surface area contributed by atoms with Crippen LogP contribution in [0.4, 0.5) is 4.39 Å². The van der Waals surface area contributed by atoms with Crippen molar-refractivity contribution in [3.05, 3.63) is 53.3 Å². The van der Waals surface area contributed by atoms with E-state index in [0.717, 1.165) is 0 Å². The largest absolute Gasteiger partial charge is 0.493 e. The average Bonchev–Trinajstić information content (AvgIpc) is 3.10. The maximum Gasteiger partial charge on any atom is 0.254 e. The van der Waals surface area contributed by atoms with E-state index in [1.54, 1.807) is 18.2 Å². The van der Waals surface area contributed by atoms with E-state index in [-0.39, 0.29) is 23.6 Å². The van der Waals surface area contributed by atoms with Crippen LogP contribution in [0.2, 0.25) is 0 Å². The molecule has 0 aromatic heterocycles. The maximum absolute atomic E-state index is 14.3. The van der Waals surface area contributed by atoms with Gasteiger partial charge in [0.1, 0.15) is 5.82 Å². The molecule has 1 aliphatic heterocycles. The lowest BCUT2D eigenvalue weighted by atomic mass is 10.1. The molecular formula is C21H24FNO6S. The van der Waals surface area contributed by atoms with E-state index in [0.29, 0.717) is 29.2 Å². The molecule has 1 heterocycles. The highest BCUT2D eigenvalue weighted by Gasteiger charge is 2.36. The highest BCUT2D eigenvalue weighted by atomic mass is 32.2. The van der Waals surface area contributed by atoms with Gasteiger partial charge in [-0.05, 0) is 24.6 Å². The van der Waals surface area contributed by atoms with Crippen LogP contribution in [0.15, 0.2) is 36.4 Å². The molecule has 1 atom stereocenters. The average molecular weight is 437 g/mol. The van der Waals surface area contributed by atoms with Crippen molar-refractivity contribution >= 4 is 15.7 Å². The van der Waals surface area contributed by atoms with Gasteiger partial charge in [0.15, 0.2) is 21.3 Å². The third-order valence-electron chi connectivity index (χ3n) is 5.12. The fourth-order valence-electron chi connectivity index (χ4n) is 3.57. The second-order valence-electron chi connectivity index (χ2n) is 7.00. The molecule has 0 aliphatic carbocycles. The number of benzene rings is 2. The Morgan fingerprint density at radius 1 is 1.10 bits per heavy atom. The Hall–Kier alpha value is -2.81. The van der Waals surface area contributed by atoms with Crippen LogP contribution >= 0.6 is 0 Å². The fourth-order valence-corrected chi connectivity index (χ4v) is 5.30. The fraction of sp³-hybridized carbons (Fsp3) is 0.381. The van der Waals surface area contributed by atoms with Crippen LogP contribution < -0.4 is 14.2 Å². The number of carbonyl (C=O) groups excluding carboxylic acids is 1. The molecular weight excluding hydrogens is 413 g/mol. The van der Waals surface area contributed by atoms with E-state index >= 15 is 0 Å². The summed E-state index contributed by atoms with van der Waals surface area (Å²) in [6, 6.07) is 8.57. The van der Waals surface area contributed by atoms with Crippen LogP contribution in [0.1, 0.15) is 22.3 Å². The SMILES string of the molecule is COc1cc(C(=O)N(Cc2ccccc2F)[C@@H]2CCS(=O)(=O)C2)cc(OC)c1OC. The number of nitrogens with zero attached hydrogens (tertiary/aromatic N) is 1. The topological polar surface area (TPSA) is 82.1 Å². The number of hydrogen-bond donors (Lipinski definition) is 0. The normalized spacial score (nSPS) is 17.4. The molecule has 1 fully saturated rings. The Morgan fingerprint density at radius 3 is 2.23 bits per heavy atom. The standard InChI is InChI=1S/C21H24FNO6S/c1-27-18-10-15(11-19(28-2)20(18)29-3)21(24)23(16-8-9-30(25,26)13-16)12-14-6-4-5-7-17(14)22/h4-7,10-11,16H,8-9,12-13H2,1-3H3/t16-/m1/s1. The molecule has 0 unspecified atom stereocenters. The summed E-state index contributed by atoms with van der Waals surface area (Å²) in [7, 11) is 1.08. The molecule has 1 aliphatic rings. The van der Waals surface area contributed by atoms with Crippen molar-refractivity contribution in [1.82, 2.24) is 4.90 Å². The molecule has 9 heteroatoms. The van der Waals surface area contributed by atoms with Crippen LogP contribution in [0.3, 0.4) is 0 Å². The van der Waals surface area contributed by atoms with E-state index in [1.165, 1.54) is 44.4 Å². The molecule has 2 aromatic rings. The molecule has 0 N–H and O–H groups in total.